The summed E-state index contributed by atoms with van der Waals surface area (Å²) in [4.78, 5) is 0. The van der Waals surface area contributed by atoms with Gasteiger partial charge in [0.25, 0.3) is 0 Å². The van der Waals surface area contributed by atoms with Crippen molar-refractivity contribution in [1.29, 1.82) is 0 Å². The molecule has 0 saturated heterocycles. The van der Waals surface area contributed by atoms with Crippen molar-refractivity contribution in [2.45, 2.75) is 6.92 Å². The highest BCUT2D eigenvalue weighted by Crippen LogP contribution is 2.31. The summed E-state index contributed by atoms with van der Waals surface area (Å²) in [5.41, 5.74) is 1.01. The summed E-state index contributed by atoms with van der Waals surface area (Å²) in [7, 11) is 0. The average Bonchev–Trinajstić information content (AvgIpc) is 2.62. The van der Waals surface area contributed by atoms with Crippen molar-refractivity contribution in [3.05, 3.63) is 40.6 Å². The van der Waals surface area contributed by atoms with Crippen LogP contribution in [0, 0.1) is 6.92 Å². The van der Waals surface area contributed by atoms with Gasteiger partial charge in [0.2, 0.25) is 0 Å². The van der Waals surface area contributed by atoms with Crippen molar-refractivity contribution < 1.29 is 9.84 Å². The van der Waals surface area contributed by atoms with Gasteiger partial charge < -0.3 is 9.84 Å². The summed E-state index contributed by atoms with van der Waals surface area (Å²) >= 11 is 1.56. The van der Waals surface area contributed by atoms with E-state index in [0.29, 0.717) is 5.75 Å². The molecule has 0 aliphatic carbocycles. The molecule has 0 aliphatic heterocycles. The fourth-order valence-corrected chi connectivity index (χ4v) is 1.70. The maximum Gasteiger partial charge on any atom is 0.169 e. The summed E-state index contributed by atoms with van der Waals surface area (Å²) in [5.74, 6) is 1.43. The first kappa shape index (κ1) is 9.09. The first-order valence-electron chi connectivity index (χ1n) is 4.25. The second-order valence-corrected chi connectivity index (χ2v) is 3.81. The van der Waals surface area contributed by atoms with Crippen molar-refractivity contribution in [3.8, 4) is 17.2 Å². The third-order valence-corrected chi connectivity index (χ3v) is 2.50. The lowest BCUT2D eigenvalue weighted by atomic mass is 10.2. The quantitative estimate of drug-likeness (QED) is 0.814. The van der Waals surface area contributed by atoms with Crippen LogP contribution in [0.15, 0.2) is 35.0 Å². The Morgan fingerprint density at radius 3 is 2.79 bits per heavy atom. The minimum Gasteiger partial charge on any atom is -0.504 e. The summed E-state index contributed by atoms with van der Waals surface area (Å²) in [6.07, 6.45) is 0. The SMILES string of the molecule is Cc1ccc(Oc2ccsc2)c(O)c1. The summed E-state index contributed by atoms with van der Waals surface area (Å²) < 4.78 is 5.46. The summed E-state index contributed by atoms with van der Waals surface area (Å²) in [5, 5.41) is 13.4. The number of benzene rings is 1. The zero-order valence-corrected chi connectivity index (χ0v) is 8.54. The van der Waals surface area contributed by atoms with Crippen molar-refractivity contribution in [2.75, 3.05) is 0 Å². The van der Waals surface area contributed by atoms with E-state index in [0.717, 1.165) is 11.3 Å². The first-order valence-corrected chi connectivity index (χ1v) is 5.19. The maximum atomic E-state index is 9.57. The molecule has 1 aromatic heterocycles. The van der Waals surface area contributed by atoms with Crippen LogP contribution in [-0.2, 0) is 0 Å². The van der Waals surface area contributed by atoms with E-state index in [4.69, 9.17) is 4.74 Å². The number of hydrogen-bond donors (Lipinski definition) is 1. The van der Waals surface area contributed by atoms with E-state index >= 15 is 0 Å². The van der Waals surface area contributed by atoms with Gasteiger partial charge in [0.05, 0.1) is 0 Å². The predicted octanol–water partition coefficient (Wildman–Crippen LogP) is 3.55. The molecule has 0 spiro atoms. The van der Waals surface area contributed by atoms with E-state index in [9.17, 15) is 5.11 Å². The van der Waals surface area contributed by atoms with Crippen LogP contribution >= 0.6 is 11.3 Å². The van der Waals surface area contributed by atoms with Crippen LogP contribution in [0.4, 0.5) is 0 Å². The number of thiophene rings is 1. The lowest BCUT2D eigenvalue weighted by Gasteiger charge is -2.05. The molecule has 0 atom stereocenters. The molecule has 0 unspecified atom stereocenters. The number of hydrogen-bond acceptors (Lipinski definition) is 3. The van der Waals surface area contributed by atoms with Crippen LogP contribution in [0.1, 0.15) is 5.56 Å². The summed E-state index contributed by atoms with van der Waals surface area (Å²) in [6.45, 7) is 1.92. The molecule has 0 amide bonds. The van der Waals surface area contributed by atoms with Gasteiger partial charge in [-0.2, -0.15) is 0 Å². The second-order valence-electron chi connectivity index (χ2n) is 3.03. The molecule has 0 fully saturated rings. The number of ether oxygens (including phenoxy) is 1. The van der Waals surface area contributed by atoms with Gasteiger partial charge in [0.15, 0.2) is 11.5 Å². The molecule has 2 aromatic rings. The molecule has 2 rings (SSSR count). The number of rotatable bonds is 2. The standard InChI is InChI=1S/C11H10O2S/c1-8-2-3-11(10(12)6-8)13-9-4-5-14-7-9/h2-7,12H,1H3. The molecule has 72 valence electrons. The molecular weight excluding hydrogens is 196 g/mol. The summed E-state index contributed by atoms with van der Waals surface area (Å²) in [6, 6.07) is 7.22. The molecule has 0 bridgehead atoms. The largest absolute Gasteiger partial charge is 0.504 e. The van der Waals surface area contributed by atoms with Gasteiger partial charge in [0.1, 0.15) is 5.75 Å². The monoisotopic (exact) mass is 206 g/mol. The normalized spacial score (nSPS) is 10.1. The Hall–Kier alpha value is -1.48. The molecule has 1 aromatic carbocycles. The van der Waals surface area contributed by atoms with E-state index in [-0.39, 0.29) is 5.75 Å². The molecule has 14 heavy (non-hydrogen) atoms. The number of phenolic OH excluding ortho intramolecular Hbond substituents is 1. The lowest BCUT2D eigenvalue weighted by molar-refractivity contribution is 0.412. The highest BCUT2D eigenvalue weighted by molar-refractivity contribution is 7.08. The van der Waals surface area contributed by atoms with Crippen LogP contribution in [0.2, 0.25) is 0 Å². The lowest BCUT2D eigenvalue weighted by Crippen LogP contribution is -1.83. The zero-order chi connectivity index (χ0) is 9.97. The van der Waals surface area contributed by atoms with Crippen LogP contribution in [0.5, 0.6) is 17.2 Å². The maximum absolute atomic E-state index is 9.57. The van der Waals surface area contributed by atoms with Gasteiger partial charge >= 0.3 is 0 Å². The third-order valence-electron chi connectivity index (χ3n) is 1.84. The fourth-order valence-electron chi connectivity index (χ4n) is 1.15. The van der Waals surface area contributed by atoms with Crippen LogP contribution in [0.25, 0.3) is 0 Å². The van der Waals surface area contributed by atoms with E-state index in [1.165, 1.54) is 0 Å². The minimum absolute atomic E-state index is 0.177. The Bertz CT molecular complexity index is 421. The molecule has 1 N–H and O–H groups in total. The number of phenols is 1. The number of aryl methyl sites for hydroxylation is 1. The van der Waals surface area contributed by atoms with Gasteiger partial charge in [0, 0.05) is 5.38 Å². The Balaban J connectivity index is 2.25. The molecule has 3 heteroatoms. The molecule has 1 heterocycles. The average molecular weight is 206 g/mol. The third kappa shape index (κ3) is 1.88. The fraction of sp³-hybridized carbons (Fsp3) is 0.0909. The van der Waals surface area contributed by atoms with Gasteiger partial charge in [-0.3, -0.25) is 0 Å². The first-order chi connectivity index (χ1) is 6.75. The Morgan fingerprint density at radius 1 is 1.29 bits per heavy atom. The van der Waals surface area contributed by atoms with Gasteiger partial charge in [-0.25, -0.2) is 0 Å². The Morgan fingerprint density at radius 2 is 2.14 bits per heavy atom. The molecule has 0 aliphatic rings. The molecular formula is C11H10O2S. The molecule has 0 saturated carbocycles. The highest BCUT2D eigenvalue weighted by Gasteiger charge is 2.03. The van der Waals surface area contributed by atoms with Gasteiger partial charge in [-0.05, 0) is 36.1 Å². The van der Waals surface area contributed by atoms with E-state index in [1.807, 2.05) is 29.8 Å². The smallest absolute Gasteiger partial charge is 0.169 e. The van der Waals surface area contributed by atoms with Crippen molar-refractivity contribution in [1.82, 2.24) is 0 Å². The van der Waals surface area contributed by atoms with Gasteiger partial charge in [-0.15, -0.1) is 11.3 Å². The zero-order valence-electron chi connectivity index (χ0n) is 7.73. The van der Waals surface area contributed by atoms with Crippen LogP contribution in [-0.4, -0.2) is 5.11 Å². The van der Waals surface area contributed by atoms with Crippen molar-refractivity contribution in [2.24, 2.45) is 0 Å². The second kappa shape index (κ2) is 3.72. The van der Waals surface area contributed by atoms with Crippen LogP contribution < -0.4 is 4.74 Å². The Kier molecular flexibility index (Phi) is 2.41. The topological polar surface area (TPSA) is 29.5 Å². The van der Waals surface area contributed by atoms with E-state index in [1.54, 1.807) is 23.5 Å². The Labute approximate surface area is 86.4 Å². The van der Waals surface area contributed by atoms with E-state index in [2.05, 4.69) is 0 Å². The highest BCUT2D eigenvalue weighted by atomic mass is 32.1. The number of aromatic hydroxyl groups is 1. The van der Waals surface area contributed by atoms with Crippen LogP contribution in [0.3, 0.4) is 0 Å². The van der Waals surface area contributed by atoms with Gasteiger partial charge in [-0.1, -0.05) is 6.07 Å². The van der Waals surface area contributed by atoms with E-state index < -0.39 is 0 Å². The molecule has 0 radical (unpaired) electrons. The minimum atomic E-state index is 0.177. The predicted molar refractivity (Wildman–Crippen MR) is 57.2 cm³/mol. The van der Waals surface area contributed by atoms with Crippen molar-refractivity contribution in [3.63, 3.8) is 0 Å². The molecule has 2 nitrogen and oxygen atoms in total. The van der Waals surface area contributed by atoms with Crippen molar-refractivity contribution >= 4 is 11.3 Å².